The first-order valence-corrected chi connectivity index (χ1v) is 7.62. The van der Waals surface area contributed by atoms with Gasteiger partial charge in [0.15, 0.2) is 18.1 Å². The number of aromatic nitrogens is 2. The van der Waals surface area contributed by atoms with E-state index in [1.54, 1.807) is 37.4 Å². The van der Waals surface area contributed by atoms with Gasteiger partial charge in [0.2, 0.25) is 5.82 Å². The fourth-order valence-corrected chi connectivity index (χ4v) is 2.25. The topological polar surface area (TPSA) is 104 Å². The second-order valence-corrected chi connectivity index (χ2v) is 5.18. The standard InChI is InChI=1S/C18H16N2O6/c1-23-12-6-3-5-11(9-12)17-19-15(26-20-17)10-25-18(22)13-7-4-8-14(24-2)16(13)21/h3-9,21H,10H2,1-2H3. The smallest absolute Gasteiger partial charge is 0.342 e. The van der Waals surface area contributed by atoms with Gasteiger partial charge in [0.25, 0.3) is 5.89 Å². The molecule has 0 aliphatic heterocycles. The number of carbonyl (C=O) groups is 1. The van der Waals surface area contributed by atoms with Crippen LogP contribution in [0.25, 0.3) is 11.4 Å². The Morgan fingerprint density at radius 3 is 2.73 bits per heavy atom. The van der Waals surface area contributed by atoms with Crippen LogP contribution in [0.3, 0.4) is 0 Å². The Labute approximate surface area is 148 Å². The normalized spacial score (nSPS) is 10.4. The van der Waals surface area contributed by atoms with Crippen molar-refractivity contribution >= 4 is 5.97 Å². The van der Waals surface area contributed by atoms with Crippen molar-refractivity contribution < 1.29 is 28.6 Å². The first-order valence-electron chi connectivity index (χ1n) is 7.62. The van der Waals surface area contributed by atoms with Crippen LogP contribution >= 0.6 is 0 Å². The second-order valence-electron chi connectivity index (χ2n) is 5.18. The predicted molar refractivity (Wildman–Crippen MR) is 90.1 cm³/mol. The molecule has 1 heterocycles. The summed E-state index contributed by atoms with van der Waals surface area (Å²) in [5.41, 5.74) is 0.688. The summed E-state index contributed by atoms with van der Waals surface area (Å²) >= 11 is 0. The summed E-state index contributed by atoms with van der Waals surface area (Å²) in [6.07, 6.45) is 0. The van der Waals surface area contributed by atoms with E-state index in [0.29, 0.717) is 17.1 Å². The van der Waals surface area contributed by atoms with Gasteiger partial charge in [0.1, 0.15) is 11.3 Å². The maximum atomic E-state index is 12.1. The third-order valence-electron chi connectivity index (χ3n) is 3.56. The Hall–Kier alpha value is -3.55. The summed E-state index contributed by atoms with van der Waals surface area (Å²) in [6, 6.07) is 11.7. The van der Waals surface area contributed by atoms with E-state index >= 15 is 0 Å². The van der Waals surface area contributed by atoms with E-state index in [9.17, 15) is 9.90 Å². The van der Waals surface area contributed by atoms with Gasteiger partial charge in [-0.25, -0.2) is 4.79 Å². The van der Waals surface area contributed by atoms with Crippen LogP contribution in [0.5, 0.6) is 17.2 Å². The van der Waals surface area contributed by atoms with Crippen LogP contribution in [0.15, 0.2) is 47.0 Å². The van der Waals surface area contributed by atoms with Crippen LogP contribution in [0.4, 0.5) is 0 Å². The molecule has 8 nitrogen and oxygen atoms in total. The lowest BCUT2D eigenvalue weighted by Crippen LogP contribution is -2.06. The van der Waals surface area contributed by atoms with Crippen LogP contribution < -0.4 is 9.47 Å². The average molecular weight is 356 g/mol. The molecule has 0 atom stereocenters. The largest absolute Gasteiger partial charge is 0.504 e. The molecule has 1 N–H and O–H groups in total. The number of phenols is 1. The number of nitrogens with zero attached hydrogens (tertiary/aromatic N) is 2. The fraction of sp³-hybridized carbons (Fsp3) is 0.167. The first-order chi connectivity index (χ1) is 12.6. The van der Waals surface area contributed by atoms with Gasteiger partial charge in [-0.3, -0.25) is 0 Å². The van der Waals surface area contributed by atoms with Gasteiger partial charge in [0, 0.05) is 5.56 Å². The number of benzene rings is 2. The van der Waals surface area contributed by atoms with Gasteiger partial charge in [-0.2, -0.15) is 4.98 Å². The lowest BCUT2D eigenvalue weighted by molar-refractivity contribution is 0.0426. The molecule has 8 heteroatoms. The highest BCUT2D eigenvalue weighted by Gasteiger charge is 2.18. The number of carbonyl (C=O) groups excluding carboxylic acids is 1. The minimum atomic E-state index is -0.734. The molecule has 3 aromatic rings. The molecule has 0 saturated carbocycles. The quantitative estimate of drug-likeness (QED) is 0.672. The van der Waals surface area contributed by atoms with Gasteiger partial charge in [0.05, 0.1) is 14.2 Å². The maximum absolute atomic E-state index is 12.1. The Morgan fingerprint density at radius 1 is 1.15 bits per heavy atom. The molecule has 0 unspecified atom stereocenters. The number of methoxy groups -OCH3 is 2. The zero-order valence-corrected chi connectivity index (χ0v) is 14.1. The summed E-state index contributed by atoms with van der Waals surface area (Å²) in [4.78, 5) is 16.3. The van der Waals surface area contributed by atoms with Crippen molar-refractivity contribution in [2.75, 3.05) is 14.2 Å². The average Bonchev–Trinajstić information content (AvgIpc) is 3.15. The summed E-state index contributed by atoms with van der Waals surface area (Å²) in [5.74, 6) is 0.286. The van der Waals surface area contributed by atoms with Crippen molar-refractivity contribution in [3.8, 4) is 28.6 Å². The van der Waals surface area contributed by atoms with E-state index in [1.807, 2.05) is 0 Å². The zero-order valence-electron chi connectivity index (χ0n) is 14.1. The highest BCUT2D eigenvalue weighted by molar-refractivity contribution is 5.93. The molecule has 3 rings (SSSR count). The van der Waals surface area contributed by atoms with Crippen LogP contribution in [-0.4, -0.2) is 35.4 Å². The van der Waals surface area contributed by atoms with Gasteiger partial charge in [-0.1, -0.05) is 23.4 Å². The highest BCUT2D eigenvalue weighted by Crippen LogP contribution is 2.30. The van der Waals surface area contributed by atoms with Gasteiger partial charge >= 0.3 is 5.97 Å². The van der Waals surface area contributed by atoms with Crippen molar-refractivity contribution in [2.45, 2.75) is 6.61 Å². The van der Waals surface area contributed by atoms with Crippen molar-refractivity contribution in [1.29, 1.82) is 0 Å². The molecule has 1 aromatic heterocycles. The van der Waals surface area contributed by atoms with Crippen LogP contribution in [0.2, 0.25) is 0 Å². The molecule has 0 aliphatic carbocycles. The Kier molecular flexibility index (Phi) is 5.02. The number of rotatable bonds is 6. The summed E-state index contributed by atoms with van der Waals surface area (Å²) in [6.45, 7) is -0.230. The van der Waals surface area contributed by atoms with Crippen molar-refractivity contribution in [1.82, 2.24) is 10.1 Å². The van der Waals surface area contributed by atoms with Crippen LogP contribution in [-0.2, 0) is 11.3 Å². The fourth-order valence-electron chi connectivity index (χ4n) is 2.25. The van der Waals surface area contributed by atoms with Gasteiger partial charge in [-0.05, 0) is 24.3 Å². The van der Waals surface area contributed by atoms with Crippen LogP contribution in [0.1, 0.15) is 16.2 Å². The highest BCUT2D eigenvalue weighted by atomic mass is 16.6. The number of hydrogen-bond donors (Lipinski definition) is 1. The summed E-state index contributed by atoms with van der Waals surface area (Å²) in [7, 11) is 2.96. The van der Waals surface area contributed by atoms with E-state index in [2.05, 4.69) is 10.1 Å². The maximum Gasteiger partial charge on any atom is 0.342 e. The monoisotopic (exact) mass is 356 g/mol. The lowest BCUT2D eigenvalue weighted by Gasteiger charge is -2.07. The summed E-state index contributed by atoms with van der Waals surface area (Å²) < 4.78 is 20.3. The number of phenolic OH excluding ortho intramolecular Hbond substituents is 1. The molecule has 2 aromatic carbocycles. The van der Waals surface area contributed by atoms with E-state index in [0.717, 1.165) is 0 Å². The number of para-hydroxylation sites is 1. The molecule has 0 fully saturated rings. The second kappa shape index (κ2) is 7.56. The number of aromatic hydroxyl groups is 1. The molecule has 134 valence electrons. The Bertz CT molecular complexity index is 922. The molecule has 0 aliphatic rings. The Morgan fingerprint density at radius 2 is 1.96 bits per heavy atom. The van der Waals surface area contributed by atoms with E-state index in [4.69, 9.17) is 18.7 Å². The SMILES string of the molecule is COc1cccc(-c2noc(COC(=O)c3cccc(OC)c3O)n2)c1. The van der Waals surface area contributed by atoms with E-state index in [-0.39, 0.29) is 29.6 Å². The third-order valence-corrected chi connectivity index (χ3v) is 3.56. The number of esters is 1. The molecule has 0 bridgehead atoms. The van der Waals surface area contributed by atoms with Crippen molar-refractivity contribution in [3.63, 3.8) is 0 Å². The molecule has 0 radical (unpaired) electrons. The van der Waals surface area contributed by atoms with Gasteiger partial charge < -0.3 is 23.8 Å². The minimum Gasteiger partial charge on any atom is -0.504 e. The van der Waals surface area contributed by atoms with E-state index in [1.165, 1.54) is 19.2 Å². The van der Waals surface area contributed by atoms with E-state index < -0.39 is 5.97 Å². The first kappa shape index (κ1) is 17.3. The summed E-state index contributed by atoms with van der Waals surface area (Å²) in [5, 5.41) is 13.8. The predicted octanol–water partition coefficient (Wildman–Crippen LogP) is 2.82. The zero-order chi connectivity index (χ0) is 18.5. The molecular formula is C18H16N2O6. The molecule has 26 heavy (non-hydrogen) atoms. The number of hydrogen-bond acceptors (Lipinski definition) is 8. The lowest BCUT2D eigenvalue weighted by atomic mass is 10.2. The third kappa shape index (κ3) is 3.59. The van der Waals surface area contributed by atoms with Gasteiger partial charge in [-0.15, -0.1) is 0 Å². The van der Waals surface area contributed by atoms with Crippen LogP contribution in [0, 0.1) is 0 Å². The van der Waals surface area contributed by atoms with Crippen molar-refractivity contribution in [3.05, 3.63) is 53.9 Å². The Balaban J connectivity index is 1.69. The van der Waals surface area contributed by atoms with Crippen molar-refractivity contribution in [2.24, 2.45) is 0 Å². The number of ether oxygens (including phenoxy) is 3. The minimum absolute atomic E-state index is 0.0168. The molecular weight excluding hydrogens is 340 g/mol. The molecule has 0 amide bonds. The molecule has 0 spiro atoms. The molecule has 0 saturated heterocycles.